The van der Waals surface area contributed by atoms with Crippen LogP contribution < -0.4 is 5.73 Å². The summed E-state index contributed by atoms with van der Waals surface area (Å²) >= 11 is 0. The smallest absolute Gasteiger partial charge is 0.291 e. The Hall–Kier alpha value is -5.07. The molecule has 0 atom stereocenters. The predicted octanol–water partition coefficient (Wildman–Crippen LogP) is 2.62. The molecule has 7 heterocycles. The van der Waals surface area contributed by atoms with Crippen molar-refractivity contribution in [1.29, 1.82) is 0 Å². The number of fused-ring (bicyclic) bond motifs is 2. The summed E-state index contributed by atoms with van der Waals surface area (Å²) in [6.45, 7) is 3.27. The van der Waals surface area contributed by atoms with Crippen LogP contribution in [0.15, 0.2) is 49.4 Å². The fourth-order valence-electron chi connectivity index (χ4n) is 5.29. The van der Waals surface area contributed by atoms with Crippen molar-refractivity contribution in [2.75, 3.05) is 18.8 Å². The highest BCUT2D eigenvalue weighted by Gasteiger charge is 2.28. The number of rotatable bonds is 4. The summed E-state index contributed by atoms with van der Waals surface area (Å²) in [4.78, 5) is 34.3. The molecule has 1 saturated heterocycles. The van der Waals surface area contributed by atoms with Gasteiger partial charge in [0.15, 0.2) is 11.5 Å². The predicted molar refractivity (Wildman–Crippen MR) is 139 cm³/mol. The number of amides is 1. The van der Waals surface area contributed by atoms with E-state index in [1.54, 1.807) is 29.3 Å². The molecule has 190 valence electrons. The molecule has 4 N–H and O–H groups in total. The van der Waals surface area contributed by atoms with E-state index >= 15 is 0 Å². The van der Waals surface area contributed by atoms with Gasteiger partial charge in [0.1, 0.15) is 23.5 Å². The molecule has 6 aromatic heterocycles. The Morgan fingerprint density at radius 1 is 1.11 bits per heavy atom. The number of aromatic nitrogens is 10. The van der Waals surface area contributed by atoms with Crippen molar-refractivity contribution in [2.45, 2.75) is 25.8 Å². The van der Waals surface area contributed by atoms with Crippen LogP contribution in [0.25, 0.3) is 39.3 Å². The number of nitrogens with zero attached hydrogens (tertiary/aromatic N) is 9. The third-order valence-corrected chi connectivity index (χ3v) is 7.21. The minimum atomic E-state index is -0.130. The largest absolute Gasteiger partial charge is 0.383 e. The summed E-state index contributed by atoms with van der Waals surface area (Å²) in [5, 5.41) is 13.0. The van der Waals surface area contributed by atoms with Crippen molar-refractivity contribution in [3.05, 3.63) is 60.8 Å². The summed E-state index contributed by atoms with van der Waals surface area (Å²) < 4.78 is 3.89. The van der Waals surface area contributed by atoms with Crippen molar-refractivity contribution < 1.29 is 4.79 Å². The van der Waals surface area contributed by atoms with Crippen LogP contribution in [0.3, 0.4) is 0 Å². The number of anilines is 1. The quantitative estimate of drug-likeness (QED) is 0.327. The number of likely N-dealkylation sites (tertiary alicyclic amines) is 1. The number of carbonyl (C=O) groups excluding carboxylic acids is 1. The summed E-state index contributed by atoms with van der Waals surface area (Å²) in [6.07, 6.45) is 12.1. The van der Waals surface area contributed by atoms with Crippen LogP contribution in [-0.4, -0.2) is 73.2 Å². The molecule has 0 bridgehead atoms. The summed E-state index contributed by atoms with van der Waals surface area (Å²) in [7, 11) is 0. The minimum Gasteiger partial charge on any atom is -0.383 e. The number of H-pyrrole nitrogens is 2. The highest BCUT2D eigenvalue weighted by Crippen LogP contribution is 2.34. The standard InChI is InChI=1S/C25H24N12O/c1-14-12-36(16-4-8-35(9-5-16)25(38)22-30-13-31-34-22)24-19(14)20(26)37-23(33-24)17(11-32-37)15-2-3-18(29-10-15)21-27-6-7-28-21/h2-3,6-7,10-13,16H,4-5,8-9,26H2,1H3,(H,27,28)(H,30,31,34). The number of hydrogen-bond donors (Lipinski definition) is 3. The first kappa shape index (κ1) is 22.2. The lowest BCUT2D eigenvalue weighted by molar-refractivity contribution is 0.0684. The second-order valence-electron chi connectivity index (χ2n) is 9.44. The van der Waals surface area contributed by atoms with Gasteiger partial charge in [-0.3, -0.25) is 9.78 Å². The second-order valence-corrected chi connectivity index (χ2v) is 9.44. The average molecular weight is 509 g/mol. The number of carbonyl (C=O) groups is 1. The van der Waals surface area contributed by atoms with E-state index in [-0.39, 0.29) is 17.8 Å². The van der Waals surface area contributed by atoms with Crippen LogP contribution in [0.5, 0.6) is 0 Å². The van der Waals surface area contributed by atoms with Gasteiger partial charge in [-0.15, -0.1) is 10.2 Å². The molecule has 13 nitrogen and oxygen atoms in total. The zero-order chi connectivity index (χ0) is 25.8. The van der Waals surface area contributed by atoms with E-state index in [4.69, 9.17) is 10.7 Å². The topological polar surface area (TPSA) is 165 Å². The average Bonchev–Trinajstić information content (AvgIpc) is 3.76. The molecule has 1 fully saturated rings. The molecule has 38 heavy (non-hydrogen) atoms. The molecular weight excluding hydrogens is 484 g/mol. The maximum absolute atomic E-state index is 12.7. The zero-order valence-electron chi connectivity index (χ0n) is 20.5. The summed E-state index contributed by atoms with van der Waals surface area (Å²) in [5.74, 6) is 1.39. The number of piperidine rings is 1. The van der Waals surface area contributed by atoms with Crippen molar-refractivity contribution >= 4 is 28.4 Å². The molecule has 6 aromatic rings. The first-order valence-corrected chi connectivity index (χ1v) is 12.3. The van der Waals surface area contributed by atoms with Crippen LogP contribution in [0, 0.1) is 6.92 Å². The Bertz CT molecular complexity index is 1760. The fraction of sp³-hybridized carbons (Fsp3) is 0.240. The van der Waals surface area contributed by atoms with Gasteiger partial charge in [-0.05, 0) is 31.4 Å². The lowest BCUT2D eigenvalue weighted by atomic mass is 10.0. The number of hydrogen-bond acceptors (Lipinski definition) is 8. The first-order valence-electron chi connectivity index (χ1n) is 12.3. The van der Waals surface area contributed by atoms with Crippen molar-refractivity contribution in [3.63, 3.8) is 0 Å². The normalized spacial score (nSPS) is 14.6. The van der Waals surface area contributed by atoms with Gasteiger partial charge in [0.25, 0.3) is 5.91 Å². The van der Waals surface area contributed by atoms with E-state index in [0.717, 1.165) is 46.3 Å². The molecule has 13 heteroatoms. The molecule has 1 aliphatic heterocycles. The fourth-order valence-corrected chi connectivity index (χ4v) is 5.29. The van der Waals surface area contributed by atoms with E-state index in [1.807, 2.05) is 24.0 Å². The van der Waals surface area contributed by atoms with Gasteiger partial charge in [0.2, 0.25) is 5.82 Å². The number of imidazole rings is 1. The molecule has 0 aliphatic carbocycles. The molecule has 0 spiro atoms. The van der Waals surface area contributed by atoms with Crippen LogP contribution in [0.4, 0.5) is 5.82 Å². The van der Waals surface area contributed by atoms with Crippen molar-refractivity contribution in [3.8, 4) is 22.6 Å². The van der Waals surface area contributed by atoms with Gasteiger partial charge >= 0.3 is 0 Å². The number of nitrogens with one attached hydrogen (secondary N) is 2. The van der Waals surface area contributed by atoms with E-state index in [1.165, 1.54) is 6.33 Å². The van der Waals surface area contributed by atoms with Gasteiger partial charge in [-0.25, -0.2) is 9.97 Å². The van der Waals surface area contributed by atoms with Gasteiger partial charge in [-0.1, -0.05) is 6.07 Å². The first-order chi connectivity index (χ1) is 18.6. The van der Waals surface area contributed by atoms with Crippen molar-refractivity contribution in [2.24, 2.45) is 0 Å². The molecule has 1 aliphatic rings. The van der Waals surface area contributed by atoms with Gasteiger partial charge in [0, 0.05) is 55.0 Å². The van der Waals surface area contributed by atoms with E-state index < -0.39 is 0 Å². The SMILES string of the molecule is Cc1cn(C2CCN(C(=O)c3nnc[nH]3)CC2)c2nc3c(-c4ccc(-c5ncc[nH]5)nc4)cnn3c(N)c12. The van der Waals surface area contributed by atoms with Crippen LogP contribution >= 0.6 is 0 Å². The molecular formula is C25H24N12O. The molecule has 0 saturated carbocycles. The third-order valence-electron chi connectivity index (χ3n) is 7.21. The summed E-state index contributed by atoms with van der Waals surface area (Å²) in [6, 6.07) is 4.08. The van der Waals surface area contributed by atoms with Gasteiger partial charge in [-0.2, -0.15) is 9.61 Å². The highest BCUT2D eigenvalue weighted by atomic mass is 16.2. The number of nitrogen functional groups attached to an aromatic ring is 1. The Labute approximate surface area is 215 Å². The third kappa shape index (κ3) is 3.43. The van der Waals surface area contributed by atoms with E-state index in [2.05, 4.69) is 46.0 Å². The van der Waals surface area contributed by atoms with Gasteiger partial charge in [0.05, 0.1) is 11.6 Å². The highest BCUT2D eigenvalue weighted by molar-refractivity contribution is 5.94. The molecule has 0 aromatic carbocycles. The number of pyridine rings is 1. The summed E-state index contributed by atoms with van der Waals surface area (Å²) in [5.41, 5.74) is 11.6. The minimum absolute atomic E-state index is 0.130. The maximum atomic E-state index is 12.7. The zero-order valence-corrected chi connectivity index (χ0v) is 20.5. The molecule has 0 radical (unpaired) electrons. The molecule has 7 rings (SSSR count). The lowest BCUT2D eigenvalue weighted by Gasteiger charge is -2.32. The second kappa shape index (κ2) is 8.50. The Morgan fingerprint density at radius 3 is 2.68 bits per heavy atom. The number of nitrogens with two attached hydrogens (primary N) is 1. The Balaban J connectivity index is 1.23. The monoisotopic (exact) mass is 508 g/mol. The number of aryl methyl sites for hydroxylation is 1. The number of aromatic amines is 2. The van der Waals surface area contributed by atoms with Crippen LogP contribution in [0.2, 0.25) is 0 Å². The van der Waals surface area contributed by atoms with Crippen LogP contribution in [0.1, 0.15) is 35.1 Å². The van der Waals surface area contributed by atoms with Crippen molar-refractivity contribution in [1.82, 2.24) is 54.2 Å². The maximum Gasteiger partial charge on any atom is 0.291 e. The molecule has 0 unspecified atom stereocenters. The lowest BCUT2D eigenvalue weighted by Crippen LogP contribution is -2.39. The van der Waals surface area contributed by atoms with Crippen LogP contribution in [-0.2, 0) is 0 Å². The Kier molecular flexibility index (Phi) is 4.96. The van der Waals surface area contributed by atoms with Gasteiger partial charge < -0.3 is 25.2 Å². The Morgan fingerprint density at radius 2 is 1.97 bits per heavy atom. The van der Waals surface area contributed by atoms with E-state index in [0.29, 0.717) is 30.4 Å². The van der Waals surface area contributed by atoms with E-state index in [9.17, 15) is 4.79 Å². The molecule has 1 amide bonds.